The van der Waals surface area contributed by atoms with Gasteiger partial charge in [0.1, 0.15) is 0 Å². The first kappa shape index (κ1) is 21.5. The summed E-state index contributed by atoms with van der Waals surface area (Å²) < 4.78 is 5.63. The zero-order valence-electron chi connectivity index (χ0n) is 18.4. The molecular weight excluding hydrogens is 390 g/mol. The summed E-state index contributed by atoms with van der Waals surface area (Å²) in [5, 5.41) is 3.19. The minimum atomic E-state index is -0.305. The van der Waals surface area contributed by atoms with Crippen molar-refractivity contribution in [3.8, 4) is 0 Å². The normalized spacial score (nSPS) is 20.6. The van der Waals surface area contributed by atoms with Crippen LogP contribution >= 0.6 is 0 Å². The van der Waals surface area contributed by atoms with Gasteiger partial charge in [0.2, 0.25) is 11.8 Å². The molecule has 6 heteroatoms. The number of pyridine rings is 1. The summed E-state index contributed by atoms with van der Waals surface area (Å²) in [4.78, 5) is 31.3. The van der Waals surface area contributed by atoms with Crippen LogP contribution in [0.1, 0.15) is 41.5 Å². The first-order valence-electron chi connectivity index (χ1n) is 11.1. The summed E-state index contributed by atoms with van der Waals surface area (Å²) >= 11 is 0. The molecule has 2 aliphatic rings. The van der Waals surface area contributed by atoms with Gasteiger partial charge in [-0.15, -0.1) is 0 Å². The van der Waals surface area contributed by atoms with Crippen molar-refractivity contribution in [2.45, 2.75) is 45.1 Å². The van der Waals surface area contributed by atoms with Crippen molar-refractivity contribution in [1.82, 2.24) is 15.2 Å². The topological polar surface area (TPSA) is 71.5 Å². The number of hydrogen-bond donors (Lipinski definition) is 1. The lowest BCUT2D eigenvalue weighted by Crippen LogP contribution is -2.46. The van der Waals surface area contributed by atoms with E-state index in [0.29, 0.717) is 32.8 Å². The molecule has 0 radical (unpaired) electrons. The van der Waals surface area contributed by atoms with Crippen LogP contribution in [0.4, 0.5) is 0 Å². The van der Waals surface area contributed by atoms with Crippen molar-refractivity contribution >= 4 is 11.8 Å². The molecule has 1 aromatic carbocycles. The van der Waals surface area contributed by atoms with E-state index in [4.69, 9.17) is 4.74 Å². The predicted molar refractivity (Wildman–Crippen MR) is 118 cm³/mol. The number of carbonyl (C=O) groups excluding carboxylic acids is 2. The van der Waals surface area contributed by atoms with Gasteiger partial charge in [0.15, 0.2) is 0 Å². The highest BCUT2D eigenvalue weighted by Gasteiger charge is 2.38. The van der Waals surface area contributed by atoms with Crippen LogP contribution in [0.2, 0.25) is 0 Å². The highest BCUT2D eigenvalue weighted by atomic mass is 16.5. The average Bonchev–Trinajstić information content (AvgIpc) is 3.13. The number of benzene rings is 1. The molecule has 2 fully saturated rings. The van der Waals surface area contributed by atoms with Crippen LogP contribution < -0.4 is 5.32 Å². The second-order valence-corrected chi connectivity index (χ2v) is 9.02. The Kier molecular flexibility index (Phi) is 6.37. The molecule has 1 aromatic heterocycles. The number of ether oxygens (including phenoxy) is 1. The van der Waals surface area contributed by atoms with Crippen molar-refractivity contribution in [2.24, 2.45) is 5.92 Å². The van der Waals surface area contributed by atoms with E-state index in [2.05, 4.69) is 42.3 Å². The number of carbonyl (C=O) groups is 2. The van der Waals surface area contributed by atoms with Gasteiger partial charge < -0.3 is 15.0 Å². The molecule has 2 aliphatic heterocycles. The Balaban J connectivity index is 1.42. The van der Waals surface area contributed by atoms with Gasteiger partial charge in [-0.25, -0.2) is 0 Å². The zero-order chi connectivity index (χ0) is 21.8. The maximum absolute atomic E-state index is 13.0. The van der Waals surface area contributed by atoms with Gasteiger partial charge in [0.05, 0.1) is 5.92 Å². The molecular formula is C25H31N3O3. The van der Waals surface area contributed by atoms with Crippen LogP contribution in [0.15, 0.2) is 42.7 Å². The smallest absolute Gasteiger partial charge is 0.225 e. The highest BCUT2D eigenvalue weighted by molar-refractivity contribution is 5.89. The minimum Gasteiger partial charge on any atom is -0.381 e. The Morgan fingerprint density at radius 3 is 2.65 bits per heavy atom. The van der Waals surface area contributed by atoms with Crippen LogP contribution in [-0.2, 0) is 26.3 Å². The van der Waals surface area contributed by atoms with Gasteiger partial charge in [-0.2, -0.15) is 0 Å². The molecule has 1 N–H and O–H groups in total. The fraction of sp³-hybridized carbons (Fsp3) is 0.480. The molecule has 31 heavy (non-hydrogen) atoms. The summed E-state index contributed by atoms with van der Waals surface area (Å²) in [5.41, 5.74) is 4.60. The first-order valence-corrected chi connectivity index (χ1v) is 11.1. The number of nitrogens with zero attached hydrogens (tertiary/aromatic N) is 2. The molecule has 0 unspecified atom stereocenters. The van der Waals surface area contributed by atoms with Gasteiger partial charge in [-0.05, 0) is 43.9 Å². The number of aromatic nitrogens is 1. The minimum absolute atomic E-state index is 0.0269. The SMILES string of the molecule is Cc1cc(C)cc(C2(CNC(=O)[C@H]3CC(=O)N(Cc4cccnc4)C3)CCOCC2)c1. The second-order valence-electron chi connectivity index (χ2n) is 9.02. The van der Waals surface area contributed by atoms with Crippen LogP contribution in [0, 0.1) is 19.8 Å². The molecule has 4 rings (SSSR count). The fourth-order valence-electron chi connectivity index (χ4n) is 4.82. The van der Waals surface area contributed by atoms with Crippen molar-refractivity contribution < 1.29 is 14.3 Å². The Labute approximate surface area is 184 Å². The maximum atomic E-state index is 13.0. The lowest BCUT2D eigenvalue weighted by atomic mass is 9.73. The monoisotopic (exact) mass is 421 g/mol. The summed E-state index contributed by atoms with van der Waals surface area (Å²) in [6.45, 7) is 7.16. The molecule has 2 saturated heterocycles. The first-order chi connectivity index (χ1) is 14.9. The standard InChI is InChI=1S/C25H31N3O3/c1-18-10-19(2)12-22(11-18)25(5-8-31-9-6-25)17-27-24(30)21-13-23(29)28(16-21)15-20-4-3-7-26-14-20/h3-4,7,10-12,14,21H,5-6,8-9,13,15-17H2,1-2H3,(H,27,30)/t21-/m0/s1. The number of aryl methyl sites for hydroxylation is 2. The average molecular weight is 422 g/mol. The largest absolute Gasteiger partial charge is 0.381 e. The van der Waals surface area contributed by atoms with Gasteiger partial charge in [0, 0.05) is 57.1 Å². The van der Waals surface area contributed by atoms with Crippen LogP contribution in [0.25, 0.3) is 0 Å². The molecule has 164 valence electrons. The van der Waals surface area contributed by atoms with E-state index in [1.165, 1.54) is 16.7 Å². The number of likely N-dealkylation sites (tertiary alicyclic amines) is 1. The van der Waals surface area contributed by atoms with E-state index >= 15 is 0 Å². The Morgan fingerprint density at radius 2 is 1.97 bits per heavy atom. The third-order valence-corrected chi connectivity index (χ3v) is 6.57. The quantitative estimate of drug-likeness (QED) is 0.779. The van der Waals surface area contributed by atoms with Crippen molar-refractivity contribution in [3.63, 3.8) is 0 Å². The third kappa shape index (κ3) is 4.96. The Morgan fingerprint density at radius 1 is 1.23 bits per heavy atom. The van der Waals surface area contributed by atoms with E-state index in [-0.39, 0.29) is 29.6 Å². The van der Waals surface area contributed by atoms with E-state index in [1.807, 2.05) is 12.1 Å². The van der Waals surface area contributed by atoms with Gasteiger partial charge in [-0.3, -0.25) is 14.6 Å². The molecule has 2 aromatic rings. The second kappa shape index (κ2) is 9.18. The van der Waals surface area contributed by atoms with Crippen LogP contribution in [0.5, 0.6) is 0 Å². The van der Waals surface area contributed by atoms with Crippen LogP contribution in [0.3, 0.4) is 0 Å². The number of amides is 2. The predicted octanol–water partition coefficient (Wildman–Crippen LogP) is 2.91. The van der Waals surface area contributed by atoms with E-state index in [9.17, 15) is 9.59 Å². The van der Waals surface area contributed by atoms with Gasteiger partial charge in [-0.1, -0.05) is 35.4 Å². The molecule has 3 heterocycles. The molecule has 0 bridgehead atoms. The maximum Gasteiger partial charge on any atom is 0.225 e. The van der Waals surface area contributed by atoms with Gasteiger partial charge >= 0.3 is 0 Å². The summed E-state index contributed by atoms with van der Waals surface area (Å²) in [5.74, 6) is -0.309. The summed E-state index contributed by atoms with van der Waals surface area (Å²) in [6, 6.07) is 10.5. The number of nitrogens with one attached hydrogen (secondary N) is 1. The van der Waals surface area contributed by atoms with E-state index < -0.39 is 0 Å². The third-order valence-electron chi connectivity index (χ3n) is 6.57. The van der Waals surface area contributed by atoms with Crippen molar-refractivity contribution in [1.29, 1.82) is 0 Å². The Hall–Kier alpha value is -2.73. The highest BCUT2D eigenvalue weighted by Crippen LogP contribution is 2.35. The van der Waals surface area contributed by atoms with Crippen molar-refractivity contribution in [2.75, 3.05) is 26.3 Å². The zero-order valence-corrected chi connectivity index (χ0v) is 18.4. The fourth-order valence-corrected chi connectivity index (χ4v) is 4.82. The summed E-state index contributed by atoms with van der Waals surface area (Å²) in [6.07, 6.45) is 5.51. The molecule has 6 nitrogen and oxygen atoms in total. The van der Waals surface area contributed by atoms with E-state index in [1.54, 1.807) is 17.3 Å². The molecule has 0 saturated carbocycles. The van der Waals surface area contributed by atoms with Crippen LogP contribution in [-0.4, -0.2) is 48.0 Å². The molecule has 2 amide bonds. The number of hydrogen-bond acceptors (Lipinski definition) is 4. The van der Waals surface area contributed by atoms with Crippen molar-refractivity contribution in [3.05, 3.63) is 65.0 Å². The van der Waals surface area contributed by atoms with Gasteiger partial charge in [0.25, 0.3) is 0 Å². The molecule has 0 aliphatic carbocycles. The number of rotatable bonds is 6. The summed E-state index contributed by atoms with van der Waals surface area (Å²) in [7, 11) is 0. The lowest BCUT2D eigenvalue weighted by Gasteiger charge is -2.38. The Bertz CT molecular complexity index is 918. The molecule has 1 atom stereocenters. The van der Waals surface area contributed by atoms with E-state index in [0.717, 1.165) is 18.4 Å². The lowest BCUT2D eigenvalue weighted by molar-refractivity contribution is -0.129. The molecule has 0 spiro atoms.